The van der Waals surface area contributed by atoms with Gasteiger partial charge >= 0.3 is 0 Å². The lowest BCUT2D eigenvalue weighted by Crippen LogP contribution is -2.38. The van der Waals surface area contributed by atoms with Crippen molar-refractivity contribution in [1.29, 1.82) is 0 Å². The number of aliphatic hydroxyl groups is 1. The van der Waals surface area contributed by atoms with Gasteiger partial charge in [-0.2, -0.15) is 0 Å². The Hall–Kier alpha value is -1.12. The molecule has 0 aliphatic heterocycles. The highest BCUT2D eigenvalue weighted by Crippen LogP contribution is 2.42. The number of allylic oxidation sites excluding steroid dienone is 2. The van der Waals surface area contributed by atoms with Gasteiger partial charge in [0.25, 0.3) is 0 Å². The number of hydrogen-bond acceptors (Lipinski definition) is 2. The summed E-state index contributed by atoms with van der Waals surface area (Å²) in [6.45, 7) is 1.26. The molecular weight excluding hydrogens is 234 g/mol. The predicted octanol–water partition coefficient (Wildman–Crippen LogP) is 2.39. The fourth-order valence-corrected chi connectivity index (χ4v) is 3.55. The van der Waals surface area contributed by atoms with E-state index >= 15 is 0 Å². The van der Waals surface area contributed by atoms with E-state index in [0.29, 0.717) is 0 Å². The van der Waals surface area contributed by atoms with E-state index in [1.54, 1.807) is 0 Å². The van der Waals surface area contributed by atoms with Crippen molar-refractivity contribution in [3.8, 4) is 0 Å². The van der Waals surface area contributed by atoms with Crippen LogP contribution in [-0.4, -0.2) is 24.3 Å². The SMILES string of the molecule is OC[C@H](Cc1ccccc1)NCC1CC2C=CC1C2. The van der Waals surface area contributed by atoms with E-state index in [4.69, 9.17) is 0 Å². The summed E-state index contributed by atoms with van der Waals surface area (Å²) in [4.78, 5) is 0. The number of aliphatic hydroxyl groups excluding tert-OH is 1. The van der Waals surface area contributed by atoms with Crippen molar-refractivity contribution in [2.75, 3.05) is 13.2 Å². The van der Waals surface area contributed by atoms with Gasteiger partial charge in [0.1, 0.15) is 0 Å². The molecular formula is C17H23NO. The van der Waals surface area contributed by atoms with Gasteiger partial charge < -0.3 is 10.4 Å². The molecule has 2 aliphatic rings. The van der Waals surface area contributed by atoms with Crippen LogP contribution in [0.5, 0.6) is 0 Å². The number of fused-ring (bicyclic) bond motifs is 2. The third-order valence-corrected chi connectivity index (χ3v) is 4.63. The van der Waals surface area contributed by atoms with Crippen LogP contribution in [0.1, 0.15) is 18.4 Å². The van der Waals surface area contributed by atoms with Gasteiger partial charge in [-0.25, -0.2) is 0 Å². The van der Waals surface area contributed by atoms with Crippen LogP contribution in [0.15, 0.2) is 42.5 Å². The average Bonchev–Trinajstić information content (AvgIpc) is 3.07. The topological polar surface area (TPSA) is 32.3 Å². The molecule has 19 heavy (non-hydrogen) atoms. The minimum atomic E-state index is 0.186. The van der Waals surface area contributed by atoms with Gasteiger partial charge in [-0.05, 0) is 49.1 Å². The first-order valence-corrected chi connectivity index (χ1v) is 7.41. The minimum absolute atomic E-state index is 0.186. The zero-order valence-electron chi connectivity index (χ0n) is 11.3. The van der Waals surface area contributed by atoms with E-state index in [1.165, 1.54) is 18.4 Å². The molecule has 3 unspecified atom stereocenters. The summed E-state index contributed by atoms with van der Waals surface area (Å²) in [7, 11) is 0. The monoisotopic (exact) mass is 257 g/mol. The molecule has 0 aromatic heterocycles. The van der Waals surface area contributed by atoms with Crippen LogP contribution in [0.3, 0.4) is 0 Å². The molecule has 0 spiro atoms. The zero-order valence-corrected chi connectivity index (χ0v) is 11.3. The Balaban J connectivity index is 1.49. The van der Waals surface area contributed by atoms with Gasteiger partial charge in [0.2, 0.25) is 0 Å². The molecule has 1 saturated carbocycles. The molecule has 4 atom stereocenters. The van der Waals surface area contributed by atoms with Crippen molar-refractivity contribution in [3.05, 3.63) is 48.0 Å². The van der Waals surface area contributed by atoms with Crippen LogP contribution in [-0.2, 0) is 6.42 Å². The predicted molar refractivity (Wildman–Crippen MR) is 77.9 cm³/mol. The molecule has 0 saturated heterocycles. The fraction of sp³-hybridized carbons (Fsp3) is 0.529. The Morgan fingerprint density at radius 1 is 1.16 bits per heavy atom. The second-order valence-corrected chi connectivity index (χ2v) is 6.02. The summed E-state index contributed by atoms with van der Waals surface area (Å²) in [6.07, 6.45) is 8.38. The quantitative estimate of drug-likeness (QED) is 0.767. The molecule has 2 aliphatic carbocycles. The molecule has 102 valence electrons. The van der Waals surface area contributed by atoms with Crippen molar-refractivity contribution in [2.45, 2.75) is 25.3 Å². The normalized spacial score (nSPS) is 29.8. The summed E-state index contributed by atoms with van der Waals surface area (Å²) >= 11 is 0. The third kappa shape index (κ3) is 3.07. The lowest BCUT2D eigenvalue weighted by Gasteiger charge is -2.23. The van der Waals surface area contributed by atoms with Gasteiger partial charge in [-0.15, -0.1) is 0 Å². The largest absolute Gasteiger partial charge is 0.395 e. The molecule has 2 N–H and O–H groups in total. The van der Waals surface area contributed by atoms with Crippen molar-refractivity contribution in [2.24, 2.45) is 17.8 Å². The fourth-order valence-electron chi connectivity index (χ4n) is 3.55. The van der Waals surface area contributed by atoms with E-state index in [9.17, 15) is 5.11 Å². The summed E-state index contributed by atoms with van der Waals surface area (Å²) < 4.78 is 0. The van der Waals surface area contributed by atoms with E-state index in [1.807, 2.05) is 6.07 Å². The summed E-state index contributed by atoms with van der Waals surface area (Å²) in [6, 6.07) is 10.6. The Labute approximate surface area is 115 Å². The summed E-state index contributed by atoms with van der Waals surface area (Å²) in [5.41, 5.74) is 1.29. The molecule has 2 heteroatoms. The molecule has 2 bridgehead atoms. The van der Waals surface area contributed by atoms with Crippen molar-refractivity contribution < 1.29 is 5.11 Å². The van der Waals surface area contributed by atoms with Crippen LogP contribution in [0.2, 0.25) is 0 Å². The van der Waals surface area contributed by atoms with Crippen LogP contribution < -0.4 is 5.32 Å². The average molecular weight is 257 g/mol. The standard InChI is InChI=1S/C17H23NO/c19-12-17(10-13-4-2-1-3-5-13)18-11-16-9-14-6-7-15(16)8-14/h1-7,14-19H,8-12H2/t14?,15?,16?,17-/m0/s1. The second kappa shape index (κ2) is 5.89. The number of nitrogens with one attached hydrogen (secondary N) is 1. The van der Waals surface area contributed by atoms with Gasteiger partial charge in [0, 0.05) is 6.04 Å². The highest BCUT2D eigenvalue weighted by Gasteiger charge is 2.35. The van der Waals surface area contributed by atoms with E-state index in [-0.39, 0.29) is 12.6 Å². The first-order chi connectivity index (χ1) is 9.35. The Morgan fingerprint density at radius 3 is 2.63 bits per heavy atom. The molecule has 3 rings (SSSR count). The van der Waals surface area contributed by atoms with Crippen molar-refractivity contribution in [1.82, 2.24) is 5.32 Å². The van der Waals surface area contributed by atoms with Gasteiger partial charge in [-0.3, -0.25) is 0 Å². The van der Waals surface area contributed by atoms with Crippen LogP contribution in [0.25, 0.3) is 0 Å². The molecule has 1 aromatic carbocycles. The first-order valence-electron chi connectivity index (χ1n) is 7.41. The highest BCUT2D eigenvalue weighted by molar-refractivity contribution is 5.16. The third-order valence-electron chi connectivity index (χ3n) is 4.63. The lowest BCUT2D eigenvalue weighted by atomic mass is 9.93. The maximum absolute atomic E-state index is 9.52. The zero-order chi connectivity index (χ0) is 13.1. The van der Waals surface area contributed by atoms with Crippen LogP contribution >= 0.6 is 0 Å². The van der Waals surface area contributed by atoms with Crippen molar-refractivity contribution in [3.63, 3.8) is 0 Å². The number of hydrogen-bond donors (Lipinski definition) is 2. The van der Waals surface area contributed by atoms with Crippen LogP contribution in [0, 0.1) is 17.8 Å². The van der Waals surface area contributed by atoms with E-state index < -0.39 is 0 Å². The maximum atomic E-state index is 9.52. The molecule has 1 fully saturated rings. The maximum Gasteiger partial charge on any atom is 0.0587 e. The van der Waals surface area contributed by atoms with Gasteiger partial charge in [0.15, 0.2) is 0 Å². The van der Waals surface area contributed by atoms with E-state index in [0.717, 1.165) is 30.7 Å². The van der Waals surface area contributed by atoms with Gasteiger partial charge in [0.05, 0.1) is 6.61 Å². The Bertz CT molecular complexity index is 428. The molecule has 0 amide bonds. The smallest absolute Gasteiger partial charge is 0.0587 e. The summed E-state index contributed by atoms with van der Waals surface area (Å²) in [5, 5.41) is 13.1. The number of benzene rings is 1. The number of rotatable bonds is 6. The van der Waals surface area contributed by atoms with E-state index in [2.05, 4.69) is 41.7 Å². The second-order valence-electron chi connectivity index (χ2n) is 6.02. The van der Waals surface area contributed by atoms with Crippen LogP contribution in [0.4, 0.5) is 0 Å². The Kier molecular flexibility index (Phi) is 4.00. The molecule has 2 nitrogen and oxygen atoms in total. The molecule has 1 aromatic rings. The molecule has 0 heterocycles. The first kappa shape index (κ1) is 12.9. The molecule has 0 radical (unpaired) electrons. The van der Waals surface area contributed by atoms with Gasteiger partial charge in [-0.1, -0.05) is 42.5 Å². The highest BCUT2D eigenvalue weighted by atomic mass is 16.3. The summed E-state index contributed by atoms with van der Waals surface area (Å²) in [5.74, 6) is 2.40. The Morgan fingerprint density at radius 2 is 2.00 bits per heavy atom. The minimum Gasteiger partial charge on any atom is -0.395 e. The lowest BCUT2D eigenvalue weighted by molar-refractivity contribution is 0.232. The van der Waals surface area contributed by atoms with Crippen molar-refractivity contribution >= 4 is 0 Å².